The van der Waals surface area contributed by atoms with Crippen molar-refractivity contribution in [1.29, 1.82) is 0 Å². The number of methoxy groups -OCH3 is 2. The summed E-state index contributed by atoms with van der Waals surface area (Å²) < 4.78 is 15.4. The zero-order chi connectivity index (χ0) is 21.7. The Morgan fingerprint density at radius 2 is 1.77 bits per heavy atom. The quantitative estimate of drug-likeness (QED) is 0.580. The highest BCUT2D eigenvalue weighted by atomic mass is 16.5. The number of esters is 1. The van der Waals surface area contributed by atoms with Crippen LogP contribution in [0.1, 0.15) is 21.7 Å². The number of hydrogen-bond donors (Lipinski definition) is 2. The van der Waals surface area contributed by atoms with Gasteiger partial charge in [0, 0.05) is 16.6 Å². The number of amides is 2. The molecule has 0 aliphatic heterocycles. The smallest absolute Gasteiger partial charge is 0.325 e. The number of carbonyl (C=O) groups excluding carboxylic acids is 3. The average Bonchev–Trinajstić information content (AvgIpc) is 3.09. The Morgan fingerprint density at radius 1 is 1.03 bits per heavy atom. The zero-order valence-electron chi connectivity index (χ0n) is 16.9. The maximum atomic E-state index is 12.7. The van der Waals surface area contributed by atoms with Crippen molar-refractivity contribution in [3.63, 3.8) is 0 Å². The SMILES string of the molecule is COC(=O)CNC(=O)Cc1ccc(NC(=O)c2oc3ccc(OC)cc3c2C)cc1. The Bertz CT molecular complexity index is 1080. The van der Waals surface area contributed by atoms with Crippen LogP contribution in [-0.4, -0.2) is 38.5 Å². The standard InChI is InChI=1S/C22H22N2O6/c1-13-17-11-16(28-2)8-9-18(17)30-21(13)22(27)24-15-6-4-14(5-7-15)10-19(25)23-12-20(26)29-3/h4-9,11H,10,12H2,1-3H3,(H,23,25)(H,24,27). The number of carbonyl (C=O) groups is 3. The van der Waals surface area contributed by atoms with E-state index >= 15 is 0 Å². The van der Waals surface area contributed by atoms with Gasteiger partial charge in [-0.05, 0) is 42.8 Å². The molecule has 8 nitrogen and oxygen atoms in total. The van der Waals surface area contributed by atoms with Crippen LogP contribution in [0.15, 0.2) is 46.9 Å². The molecule has 1 aromatic heterocycles. The lowest BCUT2D eigenvalue weighted by atomic mass is 10.1. The van der Waals surface area contributed by atoms with E-state index in [1.807, 2.05) is 13.0 Å². The van der Waals surface area contributed by atoms with E-state index in [1.165, 1.54) is 7.11 Å². The van der Waals surface area contributed by atoms with Crippen LogP contribution in [0.2, 0.25) is 0 Å². The van der Waals surface area contributed by atoms with Crippen molar-refractivity contribution in [1.82, 2.24) is 5.32 Å². The van der Waals surface area contributed by atoms with Gasteiger partial charge in [-0.3, -0.25) is 14.4 Å². The summed E-state index contributed by atoms with van der Waals surface area (Å²) >= 11 is 0. The average molecular weight is 410 g/mol. The number of benzene rings is 2. The molecule has 2 N–H and O–H groups in total. The maximum Gasteiger partial charge on any atom is 0.325 e. The molecule has 0 bridgehead atoms. The minimum atomic E-state index is -0.513. The van der Waals surface area contributed by atoms with Crippen molar-refractivity contribution < 1.29 is 28.3 Å². The number of aryl methyl sites for hydroxylation is 1. The number of hydrogen-bond acceptors (Lipinski definition) is 6. The normalized spacial score (nSPS) is 10.5. The van der Waals surface area contributed by atoms with E-state index in [-0.39, 0.29) is 30.5 Å². The number of fused-ring (bicyclic) bond motifs is 1. The number of nitrogens with one attached hydrogen (secondary N) is 2. The molecule has 3 aromatic rings. The summed E-state index contributed by atoms with van der Waals surface area (Å²) in [5.41, 5.74) is 2.63. The summed E-state index contributed by atoms with van der Waals surface area (Å²) in [5.74, 6) is -0.272. The van der Waals surface area contributed by atoms with Crippen LogP contribution in [0.25, 0.3) is 11.0 Å². The molecule has 2 aromatic carbocycles. The van der Waals surface area contributed by atoms with E-state index in [1.54, 1.807) is 43.5 Å². The van der Waals surface area contributed by atoms with E-state index < -0.39 is 5.97 Å². The lowest BCUT2D eigenvalue weighted by Gasteiger charge is -2.07. The second-order valence-corrected chi connectivity index (χ2v) is 6.60. The van der Waals surface area contributed by atoms with E-state index in [9.17, 15) is 14.4 Å². The van der Waals surface area contributed by atoms with Crippen LogP contribution in [0.4, 0.5) is 5.69 Å². The highest BCUT2D eigenvalue weighted by molar-refractivity contribution is 6.06. The summed E-state index contributed by atoms with van der Waals surface area (Å²) in [6.45, 7) is 1.64. The van der Waals surface area contributed by atoms with E-state index in [0.717, 1.165) is 16.5 Å². The lowest BCUT2D eigenvalue weighted by Crippen LogP contribution is -2.31. The molecular weight excluding hydrogens is 388 g/mol. The molecule has 0 aliphatic carbocycles. The van der Waals surface area contributed by atoms with Crippen LogP contribution in [0.5, 0.6) is 5.75 Å². The fraction of sp³-hybridized carbons (Fsp3) is 0.227. The molecule has 8 heteroatoms. The summed E-state index contributed by atoms with van der Waals surface area (Å²) in [4.78, 5) is 35.5. The van der Waals surface area contributed by atoms with Gasteiger partial charge in [0.15, 0.2) is 5.76 Å². The van der Waals surface area contributed by atoms with Gasteiger partial charge < -0.3 is 24.5 Å². The molecule has 0 saturated carbocycles. The summed E-state index contributed by atoms with van der Waals surface area (Å²) in [6.07, 6.45) is 0.107. The van der Waals surface area contributed by atoms with Crippen molar-refractivity contribution in [3.05, 3.63) is 59.4 Å². The maximum absolute atomic E-state index is 12.7. The second kappa shape index (κ2) is 9.13. The molecule has 0 aliphatic rings. The number of anilines is 1. The van der Waals surface area contributed by atoms with Crippen molar-refractivity contribution in [2.75, 3.05) is 26.1 Å². The van der Waals surface area contributed by atoms with Gasteiger partial charge in [-0.15, -0.1) is 0 Å². The molecule has 2 amide bonds. The summed E-state index contributed by atoms with van der Waals surface area (Å²) in [5, 5.41) is 6.08. The molecule has 0 spiro atoms. The van der Waals surface area contributed by atoms with Gasteiger partial charge in [-0.25, -0.2) is 0 Å². The van der Waals surface area contributed by atoms with Crippen LogP contribution in [0.3, 0.4) is 0 Å². The van der Waals surface area contributed by atoms with Crippen LogP contribution in [-0.2, 0) is 20.7 Å². The van der Waals surface area contributed by atoms with Gasteiger partial charge in [-0.1, -0.05) is 12.1 Å². The Kier molecular flexibility index (Phi) is 6.36. The molecule has 3 rings (SSSR count). The first-order valence-electron chi connectivity index (χ1n) is 9.22. The molecular formula is C22H22N2O6. The lowest BCUT2D eigenvalue weighted by molar-refractivity contribution is -0.141. The van der Waals surface area contributed by atoms with Gasteiger partial charge >= 0.3 is 5.97 Å². The van der Waals surface area contributed by atoms with Crippen LogP contribution >= 0.6 is 0 Å². The minimum Gasteiger partial charge on any atom is -0.497 e. The zero-order valence-corrected chi connectivity index (χ0v) is 16.9. The summed E-state index contributed by atoms with van der Waals surface area (Å²) in [7, 11) is 2.84. The highest BCUT2D eigenvalue weighted by Gasteiger charge is 2.18. The van der Waals surface area contributed by atoms with Crippen molar-refractivity contribution in [2.45, 2.75) is 13.3 Å². The molecule has 0 saturated heterocycles. The van der Waals surface area contributed by atoms with E-state index in [0.29, 0.717) is 17.0 Å². The Morgan fingerprint density at radius 3 is 2.43 bits per heavy atom. The third-order valence-electron chi connectivity index (χ3n) is 4.58. The first-order chi connectivity index (χ1) is 14.4. The largest absolute Gasteiger partial charge is 0.497 e. The van der Waals surface area contributed by atoms with Gasteiger partial charge in [0.2, 0.25) is 5.91 Å². The van der Waals surface area contributed by atoms with Crippen molar-refractivity contribution in [2.24, 2.45) is 0 Å². The molecule has 0 atom stereocenters. The molecule has 0 radical (unpaired) electrons. The second-order valence-electron chi connectivity index (χ2n) is 6.60. The van der Waals surface area contributed by atoms with Crippen molar-refractivity contribution in [3.8, 4) is 5.75 Å². The monoisotopic (exact) mass is 410 g/mol. The number of rotatable bonds is 7. The third kappa shape index (κ3) is 4.78. The molecule has 0 fully saturated rings. The van der Waals surface area contributed by atoms with E-state index in [4.69, 9.17) is 9.15 Å². The van der Waals surface area contributed by atoms with Gasteiger partial charge in [0.1, 0.15) is 17.9 Å². The third-order valence-corrected chi connectivity index (χ3v) is 4.58. The number of ether oxygens (including phenoxy) is 2. The van der Waals surface area contributed by atoms with Gasteiger partial charge in [0.25, 0.3) is 5.91 Å². The predicted octanol–water partition coefficient (Wildman–Crippen LogP) is 2.83. The topological polar surface area (TPSA) is 107 Å². The molecule has 156 valence electrons. The molecule has 30 heavy (non-hydrogen) atoms. The first kappa shape index (κ1) is 20.9. The van der Waals surface area contributed by atoms with Gasteiger partial charge in [-0.2, -0.15) is 0 Å². The Labute approximate surface area is 173 Å². The summed E-state index contributed by atoms with van der Waals surface area (Å²) in [6, 6.07) is 12.2. The van der Waals surface area contributed by atoms with Crippen LogP contribution in [0, 0.1) is 6.92 Å². The predicted molar refractivity (Wildman–Crippen MR) is 111 cm³/mol. The van der Waals surface area contributed by atoms with Gasteiger partial charge in [0.05, 0.1) is 20.6 Å². The van der Waals surface area contributed by atoms with Crippen molar-refractivity contribution >= 4 is 34.4 Å². The fourth-order valence-electron chi connectivity index (χ4n) is 2.93. The molecule has 0 unspecified atom stereocenters. The van der Waals surface area contributed by atoms with E-state index in [2.05, 4.69) is 15.4 Å². The van der Waals surface area contributed by atoms with Crippen LogP contribution < -0.4 is 15.4 Å². The molecule has 1 heterocycles. The fourth-order valence-corrected chi connectivity index (χ4v) is 2.93. The Hall–Kier alpha value is -3.81. The highest BCUT2D eigenvalue weighted by Crippen LogP contribution is 2.29. The Balaban J connectivity index is 1.65. The minimum absolute atomic E-state index is 0.107. The number of furan rings is 1. The first-order valence-corrected chi connectivity index (χ1v) is 9.22.